The SMILES string of the molecule is C[C@@](N)(Cc1ccccc1[N+](=O)[O-])C(N)=O. The van der Waals surface area contributed by atoms with E-state index in [1.54, 1.807) is 18.2 Å². The van der Waals surface area contributed by atoms with Crippen molar-refractivity contribution in [1.82, 2.24) is 0 Å². The molecule has 1 aromatic rings. The predicted molar refractivity (Wildman–Crippen MR) is 58.6 cm³/mol. The van der Waals surface area contributed by atoms with Crippen LogP contribution in [0.15, 0.2) is 24.3 Å². The molecule has 1 amide bonds. The highest BCUT2D eigenvalue weighted by molar-refractivity contribution is 5.84. The number of nitrogens with two attached hydrogens (primary N) is 2. The first-order valence-electron chi connectivity index (χ1n) is 4.65. The highest BCUT2D eigenvalue weighted by atomic mass is 16.6. The monoisotopic (exact) mass is 223 g/mol. The Labute approximate surface area is 92.4 Å². The number of benzene rings is 1. The molecule has 0 unspecified atom stereocenters. The first-order chi connectivity index (χ1) is 7.34. The number of hydrogen-bond donors (Lipinski definition) is 2. The van der Waals surface area contributed by atoms with E-state index in [2.05, 4.69) is 0 Å². The lowest BCUT2D eigenvalue weighted by molar-refractivity contribution is -0.385. The second-order valence-electron chi connectivity index (χ2n) is 3.84. The van der Waals surface area contributed by atoms with Crippen molar-refractivity contribution >= 4 is 11.6 Å². The van der Waals surface area contributed by atoms with E-state index < -0.39 is 16.4 Å². The number of amides is 1. The van der Waals surface area contributed by atoms with Crippen LogP contribution in [0.25, 0.3) is 0 Å². The normalized spacial score (nSPS) is 14.1. The number of nitro groups is 1. The smallest absolute Gasteiger partial charge is 0.272 e. The molecule has 1 atom stereocenters. The van der Waals surface area contributed by atoms with Crippen LogP contribution in [-0.2, 0) is 11.2 Å². The minimum atomic E-state index is -1.29. The first-order valence-corrected chi connectivity index (χ1v) is 4.65. The van der Waals surface area contributed by atoms with Gasteiger partial charge in [-0.2, -0.15) is 0 Å². The molecule has 0 spiro atoms. The molecule has 0 aliphatic heterocycles. The number of hydrogen-bond acceptors (Lipinski definition) is 4. The van der Waals surface area contributed by atoms with Gasteiger partial charge < -0.3 is 11.5 Å². The maximum Gasteiger partial charge on any atom is 0.272 e. The summed E-state index contributed by atoms with van der Waals surface area (Å²) in [5.41, 5.74) is 9.83. The summed E-state index contributed by atoms with van der Waals surface area (Å²) in [6, 6.07) is 6.14. The Morgan fingerprint density at radius 3 is 2.56 bits per heavy atom. The maximum atomic E-state index is 11.0. The van der Waals surface area contributed by atoms with E-state index in [0.717, 1.165) is 0 Å². The van der Waals surface area contributed by atoms with E-state index in [1.807, 2.05) is 0 Å². The van der Waals surface area contributed by atoms with E-state index in [4.69, 9.17) is 11.5 Å². The van der Waals surface area contributed by atoms with Crippen molar-refractivity contribution in [2.45, 2.75) is 18.9 Å². The van der Waals surface area contributed by atoms with Gasteiger partial charge in [0.25, 0.3) is 5.69 Å². The van der Waals surface area contributed by atoms with Gasteiger partial charge in [0.2, 0.25) is 5.91 Å². The Bertz CT molecular complexity index is 429. The molecule has 0 bridgehead atoms. The van der Waals surface area contributed by atoms with Crippen molar-refractivity contribution in [2.24, 2.45) is 11.5 Å². The van der Waals surface area contributed by atoms with Gasteiger partial charge in [0, 0.05) is 18.1 Å². The summed E-state index contributed by atoms with van der Waals surface area (Å²) in [6.45, 7) is 1.45. The summed E-state index contributed by atoms with van der Waals surface area (Å²) < 4.78 is 0. The standard InChI is InChI=1S/C10H13N3O3/c1-10(12,9(11)14)6-7-4-2-3-5-8(7)13(15)16/h2-5H,6,12H2,1H3,(H2,11,14)/t10-/m1/s1. The highest BCUT2D eigenvalue weighted by Crippen LogP contribution is 2.21. The number of carbonyl (C=O) groups is 1. The van der Waals surface area contributed by atoms with Gasteiger partial charge in [-0.05, 0) is 6.92 Å². The number of nitrogens with zero attached hydrogens (tertiary/aromatic N) is 1. The van der Waals surface area contributed by atoms with E-state index in [-0.39, 0.29) is 12.1 Å². The molecule has 0 heterocycles. The molecule has 6 nitrogen and oxygen atoms in total. The van der Waals surface area contributed by atoms with Gasteiger partial charge in [-0.3, -0.25) is 14.9 Å². The second-order valence-corrected chi connectivity index (χ2v) is 3.84. The van der Waals surface area contributed by atoms with Gasteiger partial charge in [0.05, 0.1) is 10.5 Å². The Balaban J connectivity index is 3.06. The van der Waals surface area contributed by atoms with Gasteiger partial charge >= 0.3 is 0 Å². The molecule has 0 aromatic heterocycles. The van der Waals surface area contributed by atoms with Crippen molar-refractivity contribution in [1.29, 1.82) is 0 Å². The average Bonchev–Trinajstić information content (AvgIpc) is 2.17. The van der Waals surface area contributed by atoms with Crippen LogP contribution < -0.4 is 11.5 Å². The van der Waals surface area contributed by atoms with E-state index >= 15 is 0 Å². The summed E-state index contributed by atoms with van der Waals surface area (Å²) >= 11 is 0. The van der Waals surface area contributed by atoms with Gasteiger partial charge in [-0.15, -0.1) is 0 Å². The molecule has 4 N–H and O–H groups in total. The second kappa shape index (κ2) is 4.28. The number of nitro benzene ring substituents is 1. The lowest BCUT2D eigenvalue weighted by atomic mass is 9.92. The summed E-state index contributed by atoms with van der Waals surface area (Å²) in [5.74, 6) is -0.689. The minimum Gasteiger partial charge on any atom is -0.368 e. The molecule has 86 valence electrons. The lowest BCUT2D eigenvalue weighted by Gasteiger charge is -2.20. The van der Waals surface area contributed by atoms with Crippen molar-refractivity contribution in [3.8, 4) is 0 Å². The fourth-order valence-corrected chi connectivity index (χ4v) is 1.32. The van der Waals surface area contributed by atoms with Crippen molar-refractivity contribution in [3.63, 3.8) is 0 Å². The van der Waals surface area contributed by atoms with Crippen LogP contribution in [0, 0.1) is 10.1 Å². The highest BCUT2D eigenvalue weighted by Gasteiger charge is 2.29. The molecule has 16 heavy (non-hydrogen) atoms. The first kappa shape index (κ1) is 12.1. The Morgan fingerprint density at radius 1 is 1.50 bits per heavy atom. The van der Waals surface area contributed by atoms with Crippen LogP contribution in [0.2, 0.25) is 0 Å². The number of rotatable bonds is 4. The summed E-state index contributed by atoms with van der Waals surface area (Å²) in [4.78, 5) is 21.3. The summed E-state index contributed by atoms with van der Waals surface area (Å²) in [6.07, 6.45) is 0.0412. The number of primary amides is 1. The quantitative estimate of drug-likeness (QED) is 0.566. The summed E-state index contributed by atoms with van der Waals surface area (Å²) in [7, 11) is 0. The van der Waals surface area contributed by atoms with E-state index in [0.29, 0.717) is 5.56 Å². The number of para-hydroxylation sites is 1. The molecular weight excluding hydrogens is 210 g/mol. The van der Waals surface area contributed by atoms with Gasteiger partial charge in [0.15, 0.2) is 0 Å². The van der Waals surface area contributed by atoms with Crippen molar-refractivity contribution in [3.05, 3.63) is 39.9 Å². The molecule has 0 aliphatic carbocycles. The van der Waals surface area contributed by atoms with Gasteiger partial charge in [-0.1, -0.05) is 18.2 Å². The van der Waals surface area contributed by atoms with E-state index in [1.165, 1.54) is 13.0 Å². The molecule has 0 radical (unpaired) electrons. The third-order valence-electron chi connectivity index (χ3n) is 2.31. The van der Waals surface area contributed by atoms with Gasteiger partial charge in [-0.25, -0.2) is 0 Å². The molecule has 1 rings (SSSR count). The largest absolute Gasteiger partial charge is 0.368 e. The Kier molecular flexibility index (Phi) is 3.24. The fourth-order valence-electron chi connectivity index (χ4n) is 1.32. The fraction of sp³-hybridized carbons (Fsp3) is 0.300. The zero-order valence-electron chi connectivity index (χ0n) is 8.84. The van der Waals surface area contributed by atoms with Crippen LogP contribution >= 0.6 is 0 Å². The molecular formula is C10H13N3O3. The third-order valence-corrected chi connectivity index (χ3v) is 2.31. The Morgan fingerprint density at radius 2 is 2.06 bits per heavy atom. The molecule has 0 saturated heterocycles. The summed E-state index contributed by atoms with van der Waals surface area (Å²) in [5, 5.41) is 10.7. The molecule has 0 aliphatic rings. The topological polar surface area (TPSA) is 112 Å². The number of carbonyl (C=O) groups excluding carboxylic acids is 1. The average molecular weight is 223 g/mol. The van der Waals surface area contributed by atoms with Crippen molar-refractivity contribution < 1.29 is 9.72 Å². The third kappa shape index (κ3) is 2.54. The lowest BCUT2D eigenvalue weighted by Crippen LogP contribution is -2.51. The van der Waals surface area contributed by atoms with Crippen LogP contribution in [0.1, 0.15) is 12.5 Å². The van der Waals surface area contributed by atoms with Crippen LogP contribution in [-0.4, -0.2) is 16.4 Å². The molecule has 0 fully saturated rings. The van der Waals surface area contributed by atoms with Crippen molar-refractivity contribution in [2.75, 3.05) is 0 Å². The predicted octanol–water partition coefficient (Wildman–Crippen LogP) is 0.340. The van der Waals surface area contributed by atoms with Crippen LogP contribution in [0.4, 0.5) is 5.69 Å². The molecule has 0 saturated carbocycles. The van der Waals surface area contributed by atoms with Gasteiger partial charge in [0.1, 0.15) is 0 Å². The van der Waals surface area contributed by atoms with Crippen LogP contribution in [0.5, 0.6) is 0 Å². The molecule has 1 aromatic carbocycles. The zero-order chi connectivity index (χ0) is 12.3. The van der Waals surface area contributed by atoms with Crippen LogP contribution in [0.3, 0.4) is 0 Å². The zero-order valence-corrected chi connectivity index (χ0v) is 8.84. The molecule has 6 heteroatoms. The van der Waals surface area contributed by atoms with E-state index in [9.17, 15) is 14.9 Å². The minimum absolute atomic E-state index is 0.0412. The Hall–Kier alpha value is -1.95. The maximum absolute atomic E-state index is 11.0.